The predicted octanol–water partition coefficient (Wildman–Crippen LogP) is 4.63. The van der Waals surface area contributed by atoms with Gasteiger partial charge in [-0.3, -0.25) is 19.7 Å². The fourth-order valence-electron chi connectivity index (χ4n) is 3.86. The van der Waals surface area contributed by atoms with Crippen molar-refractivity contribution in [2.24, 2.45) is 5.92 Å². The molecule has 1 fully saturated rings. The number of nitrogens with zero attached hydrogens (tertiary/aromatic N) is 2. The molecule has 0 unspecified atom stereocenters. The van der Waals surface area contributed by atoms with Crippen LogP contribution in [0.25, 0.3) is 0 Å². The molecule has 0 aromatic heterocycles. The maximum atomic E-state index is 12.9. The lowest BCUT2D eigenvalue weighted by atomic mass is 9.96. The van der Waals surface area contributed by atoms with E-state index in [-0.39, 0.29) is 31.6 Å². The Hall–Kier alpha value is -3.63. The fourth-order valence-corrected chi connectivity index (χ4v) is 3.86. The third-order valence-corrected chi connectivity index (χ3v) is 5.67. The number of aryl methyl sites for hydroxylation is 2. The molecule has 1 amide bonds. The van der Waals surface area contributed by atoms with Crippen molar-refractivity contribution in [1.82, 2.24) is 0 Å². The number of piperidine rings is 1. The number of anilines is 2. The SMILES string of the molecule is Cc1ccc(NC(=O)COC(=O)C2CCN(c3ccc(C(F)(F)F)cc3[N+](=O)[O-])CC2)c(C)c1. The van der Waals surface area contributed by atoms with Crippen LogP contribution in [0.5, 0.6) is 0 Å². The summed E-state index contributed by atoms with van der Waals surface area (Å²) >= 11 is 0. The molecular weight excluding hydrogens is 455 g/mol. The zero-order valence-corrected chi connectivity index (χ0v) is 18.6. The number of amides is 1. The van der Waals surface area contributed by atoms with Crippen molar-refractivity contribution in [2.75, 3.05) is 29.9 Å². The lowest BCUT2D eigenvalue weighted by molar-refractivity contribution is -0.384. The summed E-state index contributed by atoms with van der Waals surface area (Å²) in [5.74, 6) is -1.55. The molecule has 1 aliphatic rings. The van der Waals surface area contributed by atoms with E-state index in [0.29, 0.717) is 11.8 Å². The van der Waals surface area contributed by atoms with E-state index >= 15 is 0 Å². The molecule has 182 valence electrons. The highest BCUT2D eigenvalue weighted by Gasteiger charge is 2.35. The molecule has 11 heteroatoms. The minimum absolute atomic E-state index is 0.0673. The highest BCUT2D eigenvalue weighted by atomic mass is 19.4. The number of halogens is 3. The van der Waals surface area contributed by atoms with E-state index in [1.165, 1.54) is 0 Å². The van der Waals surface area contributed by atoms with Crippen LogP contribution in [0.2, 0.25) is 0 Å². The Labute approximate surface area is 193 Å². The van der Waals surface area contributed by atoms with Crippen LogP contribution < -0.4 is 10.2 Å². The van der Waals surface area contributed by atoms with Gasteiger partial charge in [0.1, 0.15) is 5.69 Å². The van der Waals surface area contributed by atoms with E-state index in [9.17, 15) is 32.9 Å². The highest BCUT2D eigenvalue weighted by molar-refractivity contribution is 5.93. The molecule has 3 rings (SSSR count). The van der Waals surface area contributed by atoms with Gasteiger partial charge in [-0.15, -0.1) is 0 Å². The molecule has 0 spiro atoms. The second kappa shape index (κ2) is 10.1. The Morgan fingerprint density at radius 3 is 2.41 bits per heavy atom. The number of nitro groups is 1. The van der Waals surface area contributed by atoms with Gasteiger partial charge in [-0.2, -0.15) is 13.2 Å². The summed E-state index contributed by atoms with van der Waals surface area (Å²) in [4.78, 5) is 36.6. The first-order valence-corrected chi connectivity index (χ1v) is 10.6. The van der Waals surface area contributed by atoms with Crippen LogP contribution in [0, 0.1) is 29.9 Å². The molecule has 8 nitrogen and oxygen atoms in total. The van der Waals surface area contributed by atoms with E-state index in [1.54, 1.807) is 11.0 Å². The van der Waals surface area contributed by atoms with E-state index in [2.05, 4.69) is 5.32 Å². The Morgan fingerprint density at radius 2 is 1.82 bits per heavy atom. The first-order valence-electron chi connectivity index (χ1n) is 10.6. The summed E-state index contributed by atoms with van der Waals surface area (Å²) in [6.45, 7) is 3.78. The smallest absolute Gasteiger partial charge is 0.416 e. The first kappa shape index (κ1) is 25.0. The molecule has 0 saturated carbocycles. The summed E-state index contributed by atoms with van der Waals surface area (Å²) in [7, 11) is 0. The number of hydrogen-bond donors (Lipinski definition) is 1. The van der Waals surface area contributed by atoms with Crippen molar-refractivity contribution in [3.63, 3.8) is 0 Å². The van der Waals surface area contributed by atoms with Gasteiger partial charge in [-0.25, -0.2) is 0 Å². The minimum Gasteiger partial charge on any atom is -0.455 e. The number of esters is 1. The van der Waals surface area contributed by atoms with Crippen LogP contribution in [-0.2, 0) is 20.5 Å². The summed E-state index contributed by atoms with van der Waals surface area (Å²) in [6, 6.07) is 7.93. The normalized spacial score (nSPS) is 14.6. The molecule has 0 atom stereocenters. The number of alkyl halides is 3. The quantitative estimate of drug-likeness (QED) is 0.368. The Kier molecular flexibility index (Phi) is 7.43. The maximum absolute atomic E-state index is 12.9. The van der Waals surface area contributed by atoms with Crippen molar-refractivity contribution in [2.45, 2.75) is 32.9 Å². The van der Waals surface area contributed by atoms with Gasteiger partial charge >= 0.3 is 12.1 Å². The van der Waals surface area contributed by atoms with Crippen LogP contribution in [-0.4, -0.2) is 36.5 Å². The number of carbonyl (C=O) groups is 2. The number of carbonyl (C=O) groups excluding carboxylic acids is 2. The van der Waals surface area contributed by atoms with Crippen LogP contribution in [0.15, 0.2) is 36.4 Å². The lowest BCUT2D eigenvalue weighted by Crippen LogP contribution is -2.38. The molecular formula is C23H24F3N3O5. The Balaban J connectivity index is 1.55. The van der Waals surface area contributed by atoms with Crippen molar-refractivity contribution < 1.29 is 32.4 Å². The third kappa shape index (κ3) is 6.03. The number of nitro benzene ring substituents is 1. The second-order valence-corrected chi connectivity index (χ2v) is 8.19. The number of rotatable bonds is 6. The maximum Gasteiger partial charge on any atom is 0.416 e. The second-order valence-electron chi connectivity index (χ2n) is 8.19. The number of benzene rings is 2. The summed E-state index contributed by atoms with van der Waals surface area (Å²) in [6.07, 6.45) is -4.12. The van der Waals surface area contributed by atoms with Crippen molar-refractivity contribution in [3.05, 3.63) is 63.2 Å². The molecule has 0 aliphatic carbocycles. The number of hydrogen-bond acceptors (Lipinski definition) is 6. The molecule has 0 radical (unpaired) electrons. The molecule has 1 saturated heterocycles. The van der Waals surface area contributed by atoms with Crippen molar-refractivity contribution in [3.8, 4) is 0 Å². The molecule has 1 heterocycles. The molecule has 34 heavy (non-hydrogen) atoms. The average molecular weight is 479 g/mol. The van der Waals surface area contributed by atoms with Gasteiger partial charge in [-0.1, -0.05) is 17.7 Å². The molecule has 1 aliphatic heterocycles. The van der Waals surface area contributed by atoms with Gasteiger partial charge < -0.3 is 15.0 Å². The topological polar surface area (TPSA) is 102 Å². The van der Waals surface area contributed by atoms with E-state index in [4.69, 9.17) is 4.74 Å². The summed E-state index contributed by atoms with van der Waals surface area (Å²) in [5.41, 5.74) is 0.884. The standard InChI is InChI=1S/C23H24F3N3O5/c1-14-3-5-18(15(2)11-14)27-21(30)13-34-22(31)16-7-9-28(10-8-16)19-6-4-17(23(24,25)26)12-20(19)29(32)33/h3-6,11-12,16H,7-10,13H2,1-2H3,(H,27,30). The number of ether oxygens (including phenoxy) is 1. The molecule has 1 N–H and O–H groups in total. The van der Waals surface area contributed by atoms with Crippen molar-refractivity contribution in [1.29, 1.82) is 0 Å². The highest BCUT2D eigenvalue weighted by Crippen LogP contribution is 2.37. The largest absolute Gasteiger partial charge is 0.455 e. The first-order chi connectivity index (χ1) is 16.0. The van der Waals surface area contributed by atoms with Crippen molar-refractivity contribution >= 4 is 28.9 Å². The van der Waals surface area contributed by atoms with Gasteiger partial charge in [0.15, 0.2) is 6.61 Å². The summed E-state index contributed by atoms with van der Waals surface area (Å²) in [5, 5.41) is 14.0. The van der Waals surface area contributed by atoms with Crippen LogP contribution in [0.1, 0.15) is 29.5 Å². The van der Waals surface area contributed by atoms with Gasteiger partial charge in [0, 0.05) is 24.8 Å². The van der Waals surface area contributed by atoms with Crippen LogP contribution in [0.4, 0.5) is 30.2 Å². The van der Waals surface area contributed by atoms with Gasteiger partial charge in [0.05, 0.1) is 16.4 Å². The monoisotopic (exact) mass is 479 g/mol. The average Bonchev–Trinajstić information content (AvgIpc) is 2.78. The van der Waals surface area contributed by atoms with Gasteiger partial charge in [0.2, 0.25) is 0 Å². The fraction of sp³-hybridized carbons (Fsp3) is 0.391. The summed E-state index contributed by atoms with van der Waals surface area (Å²) < 4.78 is 43.9. The van der Waals surface area contributed by atoms with Gasteiger partial charge in [0.25, 0.3) is 11.6 Å². The van der Waals surface area contributed by atoms with E-state index < -0.39 is 46.8 Å². The van der Waals surface area contributed by atoms with Crippen LogP contribution >= 0.6 is 0 Å². The number of nitrogens with one attached hydrogen (secondary N) is 1. The lowest BCUT2D eigenvalue weighted by Gasteiger charge is -2.32. The molecule has 0 bridgehead atoms. The minimum atomic E-state index is -4.69. The van der Waals surface area contributed by atoms with Crippen LogP contribution in [0.3, 0.4) is 0 Å². The predicted molar refractivity (Wildman–Crippen MR) is 119 cm³/mol. The zero-order valence-electron chi connectivity index (χ0n) is 18.6. The molecule has 2 aromatic carbocycles. The third-order valence-electron chi connectivity index (χ3n) is 5.67. The van der Waals surface area contributed by atoms with E-state index in [1.807, 2.05) is 26.0 Å². The Morgan fingerprint density at radius 1 is 1.15 bits per heavy atom. The van der Waals surface area contributed by atoms with E-state index in [0.717, 1.165) is 23.3 Å². The molecule has 2 aromatic rings. The van der Waals surface area contributed by atoms with Gasteiger partial charge in [-0.05, 0) is 50.5 Å². The zero-order chi connectivity index (χ0) is 25.0. The Bertz CT molecular complexity index is 1100.